The van der Waals surface area contributed by atoms with Crippen LogP contribution >= 0.6 is 11.6 Å². The Morgan fingerprint density at radius 2 is 1.85 bits per heavy atom. The van der Waals surface area contributed by atoms with E-state index in [0.717, 1.165) is 0 Å². The summed E-state index contributed by atoms with van der Waals surface area (Å²) in [4.78, 5) is 24.3. The van der Waals surface area contributed by atoms with Gasteiger partial charge in [-0.05, 0) is 24.3 Å². The van der Waals surface area contributed by atoms with Crippen molar-refractivity contribution in [2.75, 3.05) is 13.2 Å². The zero-order chi connectivity index (χ0) is 14.4. The van der Waals surface area contributed by atoms with Crippen molar-refractivity contribution in [1.29, 1.82) is 0 Å². The van der Waals surface area contributed by atoms with Crippen molar-refractivity contribution >= 4 is 11.6 Å². The predicted molar refractivity (Wildman–Crippen MR) is 74.2 cm³/mol. The molecule has 1 aromatic heterocycles. The number of rotatable bonds is 6. The van der Waals surface area contributed by atoms with E-state index in [1.54, 1.807) is 24.3 Å². The average Bonchev–Trinajstić information content (AvgIpc) is 2.42. The summed E-state index contributed by atoms with van der Waals surface area (Å²) in [7, 11) is 0. The second-order valence-electron chi connectivity index (χ2n) is 3.92. The Morgan fingerprint density at radius 1 is 1.10 bits per heavy atom. The fourth-order valence-corrected chi connectivity index (χ4v) is 1.58. The quantitative estimate of drug-likeness (QED) is 0.814. The summed E-state index contributed by atoms with van der Waals surface area (Å²) in [5.74, 6) is 0.694. The fourth-order valence-electron chi connectivity index (χ4n) is 1.46. The van der Waals surface area contributed by atoms with Crippen LogP contribution in [0.1, 0.15) is 0 Å². The van der Waals surface area contributed by atoms with E-state index in [-0.39, 0.29) is 6.73 Å². The molecule has 0 aliphatic heterocycles. The van der Waals surface area contributed by atoms with Gasteiger partial charge >= 0.3 is 5.69 Å². The molecule has 0 aliphatic carbocycles. The smallest absolute Gasteiger partial charge is 0.330 e. The van der Waals surface area contributed by atoms with Crippen molar-refractivity contribution in [1.82, 2.24) is 9.55 Å². The molecule has 0 fully saturated rings. The Kier molecular flexibility index (Phi) is 4.97. The number of nitrogens with one attached hydrogen (secondary N) is 1. The van der Waals surface area contributed by atoms with Crippen LogP contribution in [0.4, 0.5) is 0 Å². The Hall–Kier alpha value is -2.05. The third-order valence-corrected chi connectivity index (χ3v) is 2.69. The molecule has 1 aromatic carbocycles. The Bertz CT molecular complexity index is 663. The van der Waals surface area contributed by atoms with Gasteiger partial charge in [0.1, 0.15) is 19.1 Å². The van der Waals surface area contributed by atoms with E-state index in [0.29, 0.717) is 24.0 Å². The van der Waals surface area contributed by atoms with E-state index in [1.807, 2.05) is 0 Å². The Morgan fingerprint density at radius 3 is 2.55 bits per heavy atom. The lowest BCUT2D eigenvalue weighted by molar-refractivity contribution is 0.0512. The van der Waals surface area contributed by atoms with Crippen molar-refractivity contribution in [2.45, 2.75) is 6.73 Å². The number of aromatic nitrogens is 2. The maximum atomic E-state index is 11.3. The molecule has 0 saturated carbocycles. The number of hydrogen-bond donors (Lipinski definition) is 1. The molecular weight excluding hydrogens is 284 g/mol. The van der Waals surface area contributed by atoms with E-state index in [1.165, 1.54) is 16.8 Å². The number of ether oxygens (including phenoxy) is 2. The highest BCUT2D eigenvalue weighted by Crippen LogP contribution is 2.15. The molecule has 0 unspecified atom stereocenters. The minimum Gasteiger partial charge on any atom is -0.491 e. The summed E-state index contributed by atoms with van der Waals surface area (Å²) in [6.07, 6.45) is 1.38. The summed E-state index contributed by atoms with van der Waals surface area (Å²) in [5.41, 5.74) is -0.937. The van der Waals surface area contributed by atoms with Crippen LogP contribution < -0.4 is 16.0 Å². The SMILES string of the molecule is O=c1ccn(COCCOc2ccc(Cl)cc2)c(=O)[nH]1. The second-order valence-corrected chi connectivity index (χ2v) is 4.36. The molecule has 2 rings (SSSR count). The molecule has 20 heavy (non-hydrogen) atoms. The van der Waals surface area contributed by atoms with Gasteiger partial charge < -0.3 is 9.47 Å². The highest BCUT2D eigenvalue weighted by atomic mass is 35.5. The first kappa shape index (κ1) is 14.4. The first-order valence-corrected chi connectivity index (χ1v) is 6.29. The fraction of sp³-hybridized carbons (Fsp3) is 0.231. The largest absolute Gasteiger partial charge is 0.491 e. The molecule has 0 aliphatic rings. The van der Waals surface area contributed by atoms with Gasteiger partial charge in [0.05, 0.1) is 6.61 Å². The lowest BCUT2D eigenvalue weighted by atomic mass is 10.3. The normalized spacial score (nSPS) is 10.4. The summed E-state index contributed by atoms with van der Waals surface area (Å²) < 4.78 is 11.9. The maximum absolute atomic E-state index is 11.3. The molecule has 7 heteroatoms. The molecule has 2 aromatic rings. The van der Waals surface area contributed by atoms with Crippen molar-refractivity contribution in [2.24, 2.45) is 0 Å². The number of nitrogens with zero attached hydrogens (tertiary/aromatic N) is 1. The molecular formula is C13H13ClN2O4. The van der Waals surface area contributed by atoms with Gasteiger partial charge in [0, 0.05) is 17.3 Å². The van der Waals surface area contributed by atoms with Crippen LogP contribution in [0.15, 0.2) is 46.1 Å². The summed E-state index contributed by atoms with van der Waals surface area (Å²) in [5, 5.41) is 0.644. The summed E-state index contributed by atoms with van der Waals surface area (Å²) in [6.45, 7) is 0.716. The molecule has 0 bridgehead atoms. The van der Waals surface area contributed by atoms with Crippen LogP contribution in [0, 0.1) is 0 Å². The van der Waals surface area contributed by atoms with E-state index in [4.69, 9.17) is 21.1 Å². The topological polar surface area (TPSA) is 73.3 Å². The van der Waals surface area contributed by atoms with Crippen molar-refractivity contribution in [3.63, 3.8) is 0 Å². The minimum absolute atomic E-state index is 0.0551. The number of hydrogen-bond acceptors (Lipinski definition) is 4. The highest BCUT2D eigenvalue weighted by Gasteiger charge is 1.97. The van der Waals surface area contributed by atoms with Gasteiger partial charge in [-0.1, -0.05) is 11.6 Å². The first-order chi connectivity index (χ1) is 9.65. The van der Waals surface area contributed by atoms with Gasteiger partial charge in [-0.2, -0.15) is 0 Å². The second kappa shape index (κ2) is 6.93. The molecule has 0 atom stereocenters. The monoisotopic (exact) mass is 296 g/mol. The zero-order valence-electron chi connectivity index (χ0n) is 10.5. The maximum Gasteiger partial charge on any atom is 0.330 e. The number of benzene rings is 1. The van der Waals surface area contributed by atoms with Gasteiger partial charge in [-0.3, -0.25) is 14.3 Å². The molecule has 0 saturated heterocycles. The van der Waals surface area contributed by atoms with E-state index >= 15 is 0 Å². The van der Waals surface area contributed by atoms with Crippen LogP contribution in [0.3, 0.4) is 0 Å². The predicted octanol–water partition coefficient (Wildman–Crippen LogP) is 1.24. The molecule has 0 radical (unpaired) electrons. The molecule has 0 spiro atoms. The zero-order valence-corrected chi connectivity index (χ0v) is 11.3. The van der Waals surface area contributed by atoms with Gasteiger partial charge in [0.2, 0.25) is 0 Å². The van der Waals surface area contributed by atoms with Crippen LogP contribution in [0.5, 0.6) is 5.75 Å². The molecule has 0 amide bonds. The van der Waals surface area contributed by atoms with Gasteiger partial charge in [0.25, 0.3) is 5.56 Å². The van der Waals surface area contributed by atoms with Crippen LogP contribution in [-0.4, -0.2) is 22.8 Å². The third kappa shape index (κ3) is 4.25. The number of aromatic amines is 1. The van der Waals surface area contributed by atoms with E-state index in [9.17, 15) is 9.59 Å². The van der Waals surface area contributed by atoms with Crippen LogP contribution in [0.2, 0.25) is 5.02 Å². The van der Waals surface area contributed by atoms with Gasteiger partial charge in [-0.15, -0.1) is 0 Å². The molecule has 1 N–H and O–H groups in total. The Balaban J connectivity index is 1.72. The van der Waals surface area contributed by atoms with Crippen molar-refractivity contribution < 1.29 is 9.47 Å². The van der Waals surface area contributed by atoms with Crippen molar-refractivity contribution in [3.05, 3.63) is 62.4 Å². The van der Waals surface area contributed by atoms with Gasteiger partial charge in [-0.25, -0.2) is 4.79 Å². The van der Waals surface area contributed by atoms with Gasteiger partial charge in [0.15, 0.2) is 0 Å². The summed E-state index contributed by atoms with van der Waals surface area (Å²) in [6, 6.07) is 8.24. The Labute approximate surface area is 119 Å². The third-order valence-electron chi connectivity index (χ3n) is 2.44. The molecule has 106 valence electrons. The average molecular weight is 297 g/mol. The first-order valence-electron chi connectivity index (χ1n) is 5.91. The van der Waals surface area contributed by atoms with Crippen LogP contribution in [-0.2, 0) is 11.5 Å². The minimum atomic E-state index is -0.504. The lowest BCUT2D eigenvalue weighted by Gasteiger charge is -2.08. The molecule has 6 nitrogen and oxygen atoms in total. The molecule has 1 heterocycles. The highest BCUT2D eigenvalue weighted by molar-refractivity contribution is 6.30. The van der Waals surface area contributed by atoms with E-state index < -0.39 is 11.2 Å². The standard InChI is InChI=1S/C13H13ClN2O4/c14-10-1-3-11(4-2-10)20-8-7-19-9-16-6-5-12(17)15-13(16)18/h1-6H,7-9H2,(H,15,17,18). The van der Waals surface area contributed by atoms with E-state index in [2.05, 4.69) is 4.98 Å². The van der Waals surface area contributed by atoms with Crippen molar-refractivity contribution in [3.8, 4) is 5.75 Å². The number of halogens is 1. The summed E-state index contributed by atoms with van der Waals surface area (Å²) >= 11 is 5.75. The lowest BCUT2D eigenvalue weighted by Crippen LogP contribution is -2.29. The number of H-pyrrole nitrogens is 1. The van der Waals surface area contributed by atoms with Crippen LogP contribution in [0.25, 0.3) is 0 Å².